The summed E-state index contributed by atoms with van der Waals surface area (Å²) < 4.78 is 5.18. The highest BCUT2D eigenvalue weighted by atomic mass is 16.6. The number of fused-ring (bicyclic) bond motifs is 1. The van der Waals surface area contributed by atoms with Crippen LogP contribution in [0.5, 0.6) is 11.5 Å². The van der Waals surface area contributed by atoms with Crippen molar-refractivity contribution in [3.05, 3.63) is 28.8 Å². The third kappa shape index (κ3) is 1.57. The number of aromatic hydroxyl groups is 1. The summed E-state index contributed by atoms with van der Waals surface area (Å²) in [5.41, 5.74) is 1.28. The summed E-state index contributed by atoms with van der Waals surface area (Å²) in [5, 5.41) is 19.3. The van der Waals surface area contributed by atoms with Crippen molar-refractivity contribution >= 4 is 11.9 Å². The molecule has 1 heterocycles. The second-order valence-electron chi connectivity index (χ2n) is 3.79. The Morgan fingerprint density at radius 2 is 2.12 bits per heavy atom. The van der Waals surface area contributed by atoms with Gasteiger partial charge in [0.2, 0.25) is 6.29 Å². The van der Waals surface area contributed by atoms with E-state index in [1.54, 1.807) is 19.1 Å². The fourth-order valence-electron chi connectivity index (χ4n) is 1.63. The molecule has 0 fully saturated rings. The summed E-state index contributed by atoms with van der Waals surface area (Å²) in [6.07, 6.45) is 0.626. The fraction of sp³-hybridized carbons (Fsp3) is 0.250. The molecule has 1 aromatic carbocycles. The molecule has 0 aromatic heterocycles. The molecule has 0 saturated carbocycles. The highest BCUT2D eigenvalue weighted by Crippen LogP contribution is 2.37. The molecular formula is C12H12O4. The number of rotatable bonds is 1. The van der Waals surface area contributed by atoms with Crippen LogP contribution in [0.25, 0.3) is 6.08 Å². The van der Waals surface area contributed by atoms with Gasteiger partial charge in [-0.25, -0.2) is 0 Å². The van der Waals surface area contributed by atoms with Crippen LogP contribution >= 0.6 is 0 Å². The molecule has 0 spiro atoms. The molecule has 84 valence electrons. The van der Waals surface area contributed by atoms with Crippen LogP contribution in [-0.2, 0) is 0 Å². The maximum absolute atomic E-state index is 11.2. The van der Waals surface area contributed by atoms with Crippen molar-refractivity contribution in [2.24, 2.45) is 0 Å². The van der Waals surface area contributed by atoms with E-state index in [0.29, 0.717) is 16.9 Å². The summed E-state index contributed by atoms with van der Waals surface area (Å²) in [6, 6.07) is 3.05. The lowest BCUT2D eigenvalue weighted by Crippen LogP contribution is -2.20. The number of hydrogen-bond acceptors (Lipinski definition) is 4. The molecule has 1 aliphatic heterocycles. The SMILES string of the molecule is CC(=O)c1ccc2c(c1O)C=C(C)C(O)O2. The minimum atomic E-state index is -0.991. The number of benzene rings is 1. The minimum absolute atomic E-state index is 0.101. The van der Waals surface area contributed by atoms with Crippen molar-refractivity contribution < 1.29 is 19.7 Å². The Hall–Kier alpha value is -1.81. The van der Waals surface area contributed by atoms with Gasteiger partial charge in [0.25, 0.3) is 0 Å². The van der Waals surface area contributed by atoms with Crippen LogP contribution in [0.2, 0.25) is 0 Å². The van der Waals surface area contributed by atoms with Crippen LogP contribution in [0.3, 0.4) is 0 Å². The number of carbonyl (C=O) groups excluding carboxylic acids is 1. The molecule has 0 radical (unpaired) electrons. The van der Waals surface area contributed by atoms with Gasteiger partial charge in [-0.3, -0.25) is 4.79 Å². The van der Waals surface area contributed by atoms with Crippen LogP contribution in [-0.4, -0.2) is 22.3 Å². The number of ether oxygens (including phenoxy) is 1. The quantitative estimate of drug-likeness (QED) is 0.707. The van der Waals surface area contributed by atoms with Gasteiger partial charge in [-0.05, 0) is 37.6 Å². The van der Waals surface area contributed by atoms with Gasteiger partial charge in [0.05, 0.1) is 11.1 Å². The van der Waals surface area contributed by atoms with E-state index < -0.39 is 6.29 Å². The molecule has 1 atom stereocenters. The molecule has 1 aromatic rings. The van der Waals surface area contributed by atoms with E-state index in [4.69, 9.17) is 4.74 Å². The first-order chi connectivity index (χ1) is 7.50. The third-order valence-electron chi connectivity index (χ3n) is 2.56. The zero-order valence-corrected chi connectivity index (χ0v) is 9.02. The minimum Gasteiger partial charge on any atom is -0.506 e. The van der Waals surface area contributed by atoms with E-state index in [1.807, 2.05) is 0 Å². The maximum Gasteiger partial charge on any atom is 0.220 e. The van der Waals surface area contributed by atoms with Crippen LogP contribution in [0.1, 0.15) is 29.8 Å². The Bertz CT molecular complexity index is 488. The maximum atomic E-state index is 11.2. The highest BCUT2D eigenvalue weighted by Gasteiger charge is 2.22. The molecule has 1 unspecified atom stereocenters. The number of hydrogen-bond donors (Lipinski definition) is 2. The Labute approximate surface area is 92.8 Å². The van der Waals surface area contributed by atoms with E-state index in [9.17, 15) is 15.0 Å². The zero-order chi connectivity index (χ0) is 11.9. The average molecular weight is 220 g/mol. The summed E-state index contributed by atoms with van der Waals surface area (Å²) in [6.45, 7) is 3.07. The Morgan fingerprint density at radius 1 is 1.44 bits per heavy atom. The van der Waals surface area contributed by atoms with Gasteiger partial charge in [0, 0.05) is 0 Å². The smallest absolute Gasteiger partial charge is 0.220 e. The van der Waals surface area contributed by atoms with Gasteiger partial charge >= 0.3 is 0 Å². The van der Waals surface area contributed by atoms with Crippen molar-refractivity contribution in [3.8, 4) is 11.5 Å². The molecule has 0 aliphatic carbocycles. The van der Waals surface area contributed by atoms with Gasteiger partial charge in [0.1, 0.15) is 11.5 Å². The summed E-state index contributed by atoms with van der Waals surface area (Å²) >= 11 is 0. The predicted molar refractivity (Wildman–Crippen MR) is 58.4 cm³/mol. The van der Waals surface area contributed by atoms with Crippen LogP contribution < -0.4 is 4.74 Å². The summed E-state index contributed by atoms with van der Waals surface area (Å²) in [7, 11) is 0. The second-order valence-corrected chi connectivity index (χ2v) is 3.79. The van der Waals surface area contributed by atoms with E-state index in [1.165, 1.54) is 13.0 Å². The lowest BCUT2D eigenvalue weighted by atomic mass is 10.0. The van der Waals surface area contributed by atoms with E-state index >= 15 is 0 Å². The van der Waals surface area contributed by atoms with E-state index in [0.717, 1.165) is 0 Å². The molecular weight excluding hydrogens is 208 g/mol. The van der Waals surface area contributed by atoms with Crippen molar-refractivity contribution in [2.45, 2.75) is 20.1 Å². The van der Waals surface area contributed by atoms with Gasteiger partial charge in [-0.15, -0.1) is 0 Å². The lowest BCUT2D eigenvalue weighted by Gasteiger charge is -2.22. The number of carbonyl (C=O) groups is 1. The first-order valence-electron chi connectivity index (χ1n) is 4.90. The van der Waals surface area contributed by atoms with Crippen molar-refractivity contribution in [1.82, 2.24) is 0 Å². The number of aliphatic hydroxyl groups is 1. The topological polar surface area (TPSA) is 66.8 Å². The fourth-order valence-corrected chi connectivity index (χ4v) is 1.63. The van der Waals surface area contributed by atoms with E-state index in [2.05, 4.69) is 0 Å². The van der Waals surface area contributed by atoms with Crippen molar-refractivity contribution in [2.75, 3.05) is 0 Å². The number of phenolic OH excluding ortho intramolecular Hbond substituents is 1. The van der Waals surface area contributed by atoms with E-state index in [-0.39, 0.29) is 17.1 Å². The van der Waals surface area contributed by atoms with Crippen molar-refractivity contribution in [1.29, 1.82) is 0 Å². The van der Waals surface area contributed by atoms with Crippen molar-refractivity contribution in [3.63, 3.8) is 0 Å². The van der Waals surface area contributed by atoms with Gasteiger partial charge in [-0.1, -0.05) is 0 Å². The number of Topliss-reactive ketones (excluding diaryl/α,β-unsaturated/α-hetero) is 1. The van der Waals surface area contributed by atoms with Gasteiger partial charge in [-0.2, -0.15) is 0 Å². The number of phenols is 1. The van der Waals surface area contributed by atoms with Gasteiger partial charge < -0.3 is 14.9 Å². The average Bonchev–Trinajstić information content (AvgIpc) is 2.21. The Balaban J connectivity index is 2.61. The molecule has 1 aliphatic rings. The van der Waals surface area contributed by atoms with Crippen LogP contribution in [0.4, 0.5) is 0 Å². The molecule has 0 saturated heterocycles. The predicted octanol–water partition coefficient (Wildman–Crippen LogP) is 1.71. The number of ketones is 1. The third-order valence-corrected chi connectivity index (χ3v) is 2.56. The lowest BCUT2D eigenvalue weighted by molar-refractivity contribution is 0.0128. The van der Waals surface area contributed by atoms with Crippen LogP contribution in [0.15, 0.2) is 17.7 Å². The van der Waals surface area contributed by atoms with Gasteiger partial charge in [0.15, 0.2) is 5.78 Å². The first kappa shape index (κ1) is 10.7. The standard InChI is InChI=1S/C12H12O4/c1-6-5-9-10(16-12(6)15)4-3-8(7(2)13)11(9)14/h3-5,12,14-15H,1-2H3. The first-order valence-corrected chi connectivity index (χ1v) is 4.90. The second kappa shape index (κ2) is 3.64. The largest absolute Gasteiger partial charge is 0.506 e. The normalized spacial score (nSPS) is 18.4. The summed E-state index contributed by atoms with van der Waals surface area (Å²) in [4.78, 5) is 11.2. The summed E-state index contributed by atoms with van der Waals surface area (Å²) in [5.74, 6) is 0.0642. The Morgan fingerprint density at radius 3 is 2.75 bits per heavy atom. The highest BCUT2D eigenvalue weighted by molar-refractivity contribution is 5.98. The molecule has 4 heteroatoms. The molecule has 16 heavy (non-hydrogen) atoms. The molecule has 2 rings (SSSR count). The molecule has 0 bridgehead atoms. The molecule has 4 nitrogen and oxygen atoms in total. The number of aliphatic hydroxyl groups excluding tert-OH is 1. The molecule has 2 N–H and O–H groups in total. The van der Waals surface area contributed by atoms with Crippen LogP contribution in [0, 0.1) is 0 Å². The zero-order valence-electron chi connectivity index (χ0n) is 9.02. The monoisotopic (exact) mass is 220 g/mol. The Kier molecular flexibility index (Phi) is 2.44. The molecule has 0 amide bonds.